The van der Waals surface area contributed by atoms with Crippen molar-refractivity contribution >= 4 is 29.9 Å². The number of ether oxygens (including phenoxy) is 2. The van der Waals surface area contributed by atoms with Crippen LogP contribution in [0.1, 0.15) is 39.2 Å². The van der Waals surface area contributed by atoms with Crippen molar-refractivity contribution in [1.82, 2.24) is 20.0 Å². The van der Waals surface area contributed by atoms with E-state index in [-0.39, 0.29) is 24.0 Å². The Morgan fingerprint density at radius 2 is 1.88 bits per heavy atom. The molecule has 188 valence electrons. The van der Waals surface area contributed by atoms with Crippen molar-refractivity contribution in [3.63, 3.8) is 0 Å². The maximum atomic E-state index is 5.56. The SMILES string of the molecule is CCNC(=NCC1CCCN(C(C)C)C1)N1CCN(Cc2cc(OC)ccc2OC)CC1.I. The Bertz CT molecular complexity index is 738. The van der Waals surface area contributed by atoms with Crippen LogP contribution < -0.4 is 14.8 Å². The fourth-order valence-electron chi connectivity index (χ4n) is 4.72. The topological polar surface area (TPSA) is 52.6 Å². The van der Waals surface area contributed by atoms with E-state index in [1.807, 2.05) is 12.1 Å². The summed E-state index contributed by atoms with van der Waals surface area (Å²) in [6, 6.07) is 6.66. The number of hydrogen-bond acceptors (Lipinski definition) is 5. The van der Waals surface area contributed by atoms with Crippen molar-refractivity contribution in [2.75, 3.05) is 66.6 Å². The summed E-state index contributed by atoms with van der Waals surface area (Å²) < 4.78 is 11.0. The number of nitrogens with zero attached hydrogens (tertiary/aromatic N) is 4. The molecule has 2 heterocycles. The van der Waals surface area contributed by atoms with Crippen LogP contribution >= 0.6 is 24.0 Å². The first-order chi connectivity index (χ1) is 15.5. The molecule has 2 saturated heterocycles. The monoisotopic (exact) mass is 573 g/mol. The lowest BCUT2D eigenvalue weighted by Crippen LogP contribution is -2.52. The maximum absolute atomic E-state index is 5.56. The van der Waals surface area contributed by atoms with E-state index < -0.39 is 0 Å². The molecule has 0 spiro atoms. The van der Waals surface area contributed by atoms with Gasteiger partial charge in [-0.2, -0.15) is 0 Å². The van der Waals surface area contributed by atoms with E-state index in [1.54, 1.807) is 14.2 Å². The Balaban J connectivity index is 0.00000385. The molecular weight excluding hydrogens is 529 g/mol. The average Bonchev–Trinajstić information content (AvgIpc) is 2.82. The highest BCUT2D eigenvalue weighted by atomic mass is 127. The van der Waals surface area contributed by atoms with Crippen molar-refractivity contribution in [3.05, 3.63) is 23.8 Å². The minimum atomic E-state index is 0. The normalized spacial score (nSPS) is 20.5. The molecule has 0 radical (unpaired) electrons. The van der Waals surface area contributed by atoms with E-state index in [1.165, 1.54) is 31.5 Å². The molecule has 2 fully saturated rings. The summed E-state index contributed by atoms with van der Waals surface area (Å²) in [5, 5.41) is 3.53. The molecule has 2 aliphatic heterocycles. The van der Waals surface area contributed by atoms with Crippen LogP contribution in [0.25, 0.3) is 0 Å². The Hall–Kier alpha value is -1.26. The molecule has 1 atom stereocenters. The van der Waals surface area contributed by atoms with Crippen LogP contribution in [0.2, 0.25) is 0 Å². The molecular formula is C25H44IN5O2. The first-order valence-corrected chi connectivity index (χ1v) is 12.2. The summed E-state index contributed by atoms with van der Waals surface area (Å²) in [7, 11) is 3.44. The number of piperidine rings is 1. The molecule has 33 heavy (non-hydrogen) atoms. The van der Waals surface area contributed by atoms with Gasteiger partial charge < -0.3 is 24.6 Å². The summed E-state index contributed by atoms with van der Waals surface area (Å²) in [6.07, 6.45) is 2.59. The Morgan fingerprint density at radius 3 is 2.52 bits per heavy atom. The van der Waals surface area contributed by atoms with Crippen molar-refractivity contribution < 1.29 is 9.47 Å². The van der Waals surface area contributed by atoms with E-state index in [2.05, 4.69) is 46.9 Å². The molecule has 0 saturated carbocycles. The highest BCUT2D eigenvalue weighted by Crippen LogP contribution is 2.25. The fourth-order valence-corrected chi connectivity index (χ4v) is 4.72. The van der Waals surface area contributed by atoms with Crippen molar-refractivity contribution in [2.24, 2.45) is 10.9 Å². The molecule has 8 heteroatoms. The van der Waals surface area contributed by atoms with Gasteiger partial charge in [-0.3, -0.25) is 9.89 Å². The number of aliphatic imine (C=N–C) groups is 1. The third-order valence-electron chi connectivity index (χ3n) is 6.67. The molecule has 0 aromatic heterocycles. The quantitative estimate of drug-likeness (QED) is 0.292. The van der Waals surface area contributed by atoms with Gasteiger partial charge in [0.1, 0.15) is 11.5 Å². The van der Waals surface area contributed by atoms with Gasteiger partial charge in [-0.25, -0.2) is 0 Å². The second-order valence-corrected chi connectivity index (χ2v) is 9.23. The van der Waals surface area contributed by atoms with E-state index in [9.17, 15) is 0 Å². The average molecular weight is 574 g/mol. The van der Waals surface area contributed by atoms with Crippen LogP contribution in [0.3, 0.4) is 0 Å². The molecule has 1 aromatic carbocycles. The maximum Gasteiger partial charge on any atom is 0.194 e. The van der Waals surface area contributed by atoms with Gasteiger partial charge in [0.15, 0.2) is 5.96 Å². The van der Waals surface area contributed by atoms with Crippen molar-refractivity contribution in [2.45, 2.75) is 46.2 Å². The van der Waals surface area contributed by atoms with Gasteiger partial charge in [-0.1, -0.05) is 0 Å². The zero-order chi connectivity index (χ0) is 22.9. The number of methoxy groups -OCH3 is 2. The third kappa shape index (κ3) is 8.17. The second kappa shape index (κ2) is 14.2. The molecule has 3 rings (SSSR count). The van der Waals surface area contributed by atoms with Crippen molar-refractivity contribution in [1.29, 1.82) is 0 Å². The Labute approximate surface area is 217 Å². The fraction of sp³-hybridized carbons (Fsp3) is 0.720. The predicted octanol–water partition coefficient (Wildman–Crippen LogP) is 3.53. The summed E-state index contributed by atoms with van der Waals surface area (Å²) in [4.78, 5) is 12.6. The summed E-state index contributed by atoms with van der Waals surface area (Å²) in [5.74, 6) is 3.54. The molecule has 0 amide bonds. The van der Waals surface area contributed by atoms with Crippen LogP contribution in [0.15, 0.2) is 23.2 Å². The molecule has 1 aromatic rings. The lowest BCUT2D eigenvalue weighted by atomic mass is 9.97. The van der Waals surface area contributed by atoms with Crippen LogP contribution in [-0.4, -0.2) is 93.3 Å². The van der Waals surface area contributed by atoms with E-state index >= 15 is 0 Å². The first kappa shape index (κ1) is 28.0. The molecule has 1 unspecified atom stereocenters. The molecule has 0 aliphatic carbocycles. The van der Waals surface area contributed by atoms with Gasteiger partial charge in [0, 0.05) is 64.0 Å². The number of guanidine groups is 1. The van der Waals surface area contributed by atoms with E-state index in [0.29, 0.717) is 12.0 Å². The Morgan fingerprint density at radius 1 is 1.12 bits per heavy atom. The van der Waals surface area contributed by atoms with Gasteiger partial charge in [-0.15, -0.1) is 24.0 Å². The van der Waals surface area contributed by atoms with Crippen LogP contribution in [0.4, 0.5) is 0 Å². The molecule has 7 nitrogen and oxygen atoms in total. The lowest BCUT2D eigenvalue weighted by molar-refractivity contribution is 0.142. The number of likely N-dealkylation sites (tertiary alicyclic amines) is 1. The summed E-state index contributed by atoms with van der Waals surface area (Å²) in [5.41, 5.74) is 1.17. The second-order valence-electron chi connectivity index (χ2n) is 9.23. The molecule has 0 bridgehead atoms. The number of hydrogen-bond donors (Lipinski definition) is 1. The zero-order valence-corrected chi connectivity index (χ0v) is 23.5. The van der Waals surface area contributed by atoms with Crippen LogP contribution in [-0.2, 0) is 6.54 Å². The lowest BCUT2D eigenvalue weighted by Gasteiger charge is -2.37. The van der Waals surface area contributed by atoms with Gasteiger partial charge in [0.25, 0.3) is 0 Å². The van der Waals surface area contributed by atoms with Crippen LogP contribution in [0, 0.1) is 5.92 Å². The van der Waals surface area contributed by atoms with Gasteiger partial charge in [0.05, 0.1) is 14.2 Å². The minimum Gasteiger partial charge on any atom is -0.497 e. The zero-order valence-electron chi connectivity index (χ0n) is 21.2. The van der Waals surface area contributed by atoms with Gasteiger partial charge >= 0.3 is 0 Å². The van der Waals surface area contributed by atoms with Crippen molar-refractivity contribution in [3.8, 4) is 11.5 Å². The first-order valence-electron chi connectivity index (χ1n) is 12.2. The highest BCUT2D eigenvalue weighted by Gasteiger charge is 2.24. The van der Waals surface area contributed by atoms with E-state index in [4.69, 9.17) is 14.5 Å². The van der Waals surface area contributed by atoms with Crippen LogP contribution in [0.5, 0.6) is 11.5 Å². The highest BCUT2D eigenvalue weighted by molar-refractivity contribution is 14.0. The van der Waals surface area contributed by atoms with Gasteiger partial charge in [-0.05, 0) is 64.3 Å². The molecule has 2 aliphatic rings. The predicted molar refractivity (Wildman–Crippen MR) is 147 cm³/mol. The number of rotatable bonds is 8. The van der Waals surface area contributed by atoms with Gasteiger partial charge in [0.2, 0.25) is 0 Å². The standard InChI is InChI=1S/C25H43N5O2.HI/c1-6-26-25(27-17-21-8-7-11-30(18-21)20(2)3)29-14-12-28(13-15-29)19-22-16-23(31-4)9-10-24(22)32-5;/h9-10,16,20-21H,6-8,11-15,17-19H2,1-5H3,(H,26,27);1H. The Kier molecular flexibility index (Phi) is 12.0. The summed E-state index contributed by atoms with van der Waals surface area (Å²) in [6.45, 7) is 15.9. The largest absolute Gasteiger partial charge is 0.497 e. The number of benzene rings is 1. The summed E-state index contributed by atoms with van der Waals surface area (Å²) >= 11 is 0. The number of piperazine rings is 1. The molecule has 1 N–H and O–H groups in total. The number of halogens is 1. The smallest absolute Gasteiger partial charge is 0.194 e. The number of nitrogens with one attached hydrogen (secondary N) is 1. The third-order valence-corrected chi connectivity index (χ3v) is 6.67. The van der Waals surface area contributed by atoms with E-state index in [0.717, 1.165) is 63.3 Å². The minimum absolute atomic E-state index is 0.